The van der Waals surface area contributed by atoms with Crippen molar-refractivity contribution in [1.82, 2.24) is 10.2 Å². The third kappa shape index (κ3) is 8.75. The smallest absolute Gasteiger partial charge is 0.243 e. The largest absolute Gasteiger partial charge is 0.352 e. The Bertz CT molecular complexity index is 1120. The summed E-state index contributed by atoms with van der Waals surface area (Å²) in [5, 5.41) is 3.62. The summed E-state index contributed by atoms with van der Waals surface area (Å²) in [6.07, 6.45) is 0.439. The second-order valence-electron chi connectivity index (χ2n) is 9.00. The van der Waals surface area contributed by atoms with E-state index in [9.17, 15) is 9.59 Å². The van der Waals surface area contributed by atoms with Gasteiger partial charge in [-0.3, -0.25) is 9.59 Å². The molecule has 0 saturated carbocycles. The van der Waals surface area contributed by atoms with E-state index in [1.165, 1.54) is 11.1 Å². The monoisotopic (exact) mass is 508 g/mol. The van der Waals surface area contributed by atoms with Gasteiger partial charge in [-0.15, -0.1) is 11.8 Å². The first-order valence-electron chi connectivity index (χ1n) is 11.8. The normalized spacial score (nSPS) is 11.8. The molecule has 4 nitrogen and oxygen atoms in total. The number of halogens is 1. The highest BCUT2D eigenvalue weighted by Gasteiger charge is 2.30. The molecular weight excluding hydrogens is 476 g/mol. The Morgan fingerprint density at radius 1 is 0.914 bits per heavy atom. The molecule has 6 heteroatoms. The van der Waals surface area contributed by atoms with Crippen LogP contribution in [0.3, 0.4) is 0 Å². The number of aryl methyl sites for hydroxylation is 1. The minimum absolute atomic E-state index is 0.0282. The predicted octanol–water partition coefficient (Wildman–Crippen LogP) is 6.05. The van der Waals surface area contributed by atoms with Gasteiger partial charge in [-0.2, -0.15) is 0 Å². The zero-order valence-corrected chi connectivity index (χ0v) is 22.1. The van der Waals surface area contributed by atoms with E-state index in [1.54, 1.807) is 16.7 Å². The van der Waals surface area contributed by atoms with Crippen LogP contribution in [-0.2, 0) is 28.3 Å². The molecule has 0 fully saturated rings. The standard InChI is InChI=1S/C29H33ClN2O2S/c1-21(2)31-29(34)27(17-23-10-5-4-6-11-23)32(18-24-12-8-14-26(30)16-24)28(33)20-35-19-25-13-7-9-22(3)15-25/h4-16,21,27H,17-20H2,1-3H3,(H,31,34). The molecule has 0 saturated heterocycles. The van der Waals surface area contributed by atoms with Gasteiger partial charge >= 0.3 is 0 Å². The Balaban J connectivity index is 1.84. The lowest BCUT2D eigenvalue weighted by atomic mass is 10.0. The number of hydrogen-bond acceptors (Lipinski definition) is 3. The van der Waals surface area contributed by atoms with Crippen LogP contribution in [0.4, 0.5) is 0 Å². The van der Waals surface area contributed by atoms with Crippen LogP contribution >= 0.6 is 23.4 Å². The minimum atomic E-state index is -0.633. The van der Waals surface area contributed by atoms with Crippen molar-refractivity contribution in [2.24, 2.45) is 0 Å². The highest BCUT2D eigenvalue weighted by atomic mass is 35.5. The van der Waals surface area contributed by atoms with E-state index >= 15 is 0 Å². The van der Waals surface area contributed by atoms with Crippen LogP contribution in [0.2, 0.25) is 5.02 Å². The molecule has 1 N–H and O–H groups in total. The molecule has 0 radical (unpaired) electrons. The van der Waals surface area contributed by atoms with E-state index < -0.39 is 6.04 Å². The maximum Gasteiger partial charge on any atom is 0.243 e. The van der Waals surface area contributed by atoms with Crippen LogP contribution in [0.5, 0.6) is 0 Å². The van der Waals surface area contributed by atoms with E-state index in [0.29, 0.717) is 18.0 Å². The number of nitrogens with one attached hydrogen (secondary N) is 1. The first-order valence-corrected chi connectivity index (χ1v) is 13.4. The molecule has 3 rings (SSSR count). The van der Waals surface area contributed by atoms with Crippen molar-refractivity contribution in [3.63, 3.8) is 0 Å². The molecule has 0 spiro atoms. The molecule has 0 aliphatic heterocycles. The lowest BCUT2D eigenvalue weighted by molar-refractivity contribution is -0.139. The molecule has 0 heterocycles. The van der Waals surface area contributed by atoms with Crippen LogP contribution in [0.1, 0.15) is 36.1 Å². The molecule has 1 unspecified atom stereocenters. The predicted molar refractivity (Wildman–Crippen MR) is 147 cm³/mol. The Morgan fingerprint density at radius 2 is 1.60 bits per heavy atom. The van der Waals surface area contributed by atoms with Crippen molar-refractivity contribution in [1.29, 1.82) is 0 Å². The van der Waals surface area contributed by atoms with Gasteiger partial charge in [-0.25, -0.2) is 0 Å². The van der Waals surface area contributed by atoms with Gasteiger partial charge in [0.05, 0.1) is 5.75 Å². The lowest BCUT2D eigenvalue weighted by Gasteiger charge is -2.32. The maximum atomic E-state index is 13.6. The van der Waals surface area contributed by atoms with Crippen molar-refractivity contribution in [2.75, 3.05) is 5.75 Å². The van der Waals surface area contributed by atoms with Gasteiger partial charge in [0.15, 0.2) is 0 Å². The van der Waals surface area contributed by atoms with Crippen LogP contribution in [-0.4, -0.2) is 34.6 Å². The molecule has 184 valence electrons. The van der Waals surface area contributed by atoms with Crippen molar-refractivity contribution in [2.45, 2.75) is 51.6 Å². The van der Waals surface area contributed by atoms with E-state index in [1.807, 2.05) is 74.5 Å². The van der Waals surface area contributed by atoms with Crippen LogP contribution < -0.4 is 5.32 Å². The molecule has 0 aromatic heterocycles. The average Bonchev–Trinajstić information content (AvgIpc) is 2.81. The third-order valence-electron chi connectivity index (χ3n) is 5.52. The summed E-state index contributed by atoms with van der Waals surface area (Å²) >= 11 is 7.79. The van der Waals surface area contributed by atoms with Crippen molar-refractivity contribution < 1.29 is 9.59 Å². The molecule has 2 amide bonds. The fourth-order valence-corrected chi connectivity index (χ4v) is 4.98. The highest BCUT2D eigenvalue weighted by Crippen LogP contribution is 2.20. The van der Waals surface area contributed by atoms with Crippen LogP contribution in [0.25, 0.3) is 0 Å². The van der Waals surface area contributed by atoms with E-state index in [2.05, 4.69) is 30.4 Å². The number of rotatable bonds is 11. The topological polar surface area (TPSA) is 49.4 Å². The second-order valence-corrected chi connectivity index (χ2v) is 10.4. The Hall–Kier alpha value is -2.76. The fraction of sp³-hybridized carbons (Fsp3) is 0.310. The van der Waals surface area contributed by atoms with Crippen molar-refractivity contribution >= 4 is 35.2 Å². The first-order chi connectivity index (χ1) is 16.8. The number of benzene rings is 3. The molecule has 0 aliphatic rings. The summed E-state index contributed by atoms with van der Waals surface area (Å²) in [4.78, 5) is 28.7. The first kappa shape index (κ1) is 26.8. The van der Waals surface area contributed by atoms with E-state index in [-0.39, 0.29) is 23.6 Å². The summed E-state index contributed by atoms with van der Waals surface area (Å²) in [6.45, 7) is 6.23. The lowest BCUT2D eigenvalue weighted by Crippen LogP contribution is -2.52. The minimum Gasteiger partial charge on any atom is -0.352 e. The molecule has 1 atom stereocenters. The molecule has 3 aromatic carbocycles. The molecule has 35 heavy (non-hydrogen) atoms. The number of carbonyl (C=O) groups is 2. The zero-order valence-electron chi connectivity index (χ0n) is 20.5. The summed E-state index contributed by atoms with van der Waals surface area (Å²) in [7, 11) is 0. The third-order valence-corrected chi connectivity index (χ3v) is 6.74. The Labute approximate surface area is 218 Å². The number of thioether (sulfide) groups is 1. The van der Waals surface area contributed by atoms with Gasteiger partial charge in [0, 0.05) is 29.8 Å². The summed E-state index contributed by atoms with van der Waals surface area (Å²) in [6, 6.07) is 24.9. The maximum absolute atomic E-state index is 13.6. The molecule has 3 aromatic rings. The Kier molecular flexibility index (Phi) is 10.2. The van der Waals surface area contributed by atoms with Gasteiger partial charge < -0.3 is 10.2 Å². The molecular formula is C29H33ClN2O2S. The Morgan fingerprint density at radius 3 is 2.29 bits per heavy atom. The summed E-state index contributed by atoms with van der Waals surface area (Å²) in [5.41, 5.74) is 4.28. The summed E-state index contributed by atoms with van der Waals surface area (Å²) in [5.74, 6) is 0.805. The van der Waals surface area contributed by atoms with Gasteiger partial charge in [-0.1, -0.05) is 83.9 Å². The highest BCUT2D eigenvalue weighted by molar-refractivity contribution is 7.99. The van der Waals surface area contributed by atoms with Crippen LogP contribution in [0.15, 0.2) is 78.9 Å². The number of nitrogens with zero attached hydrogens (tertiary/aromatic N) is 1. The van der Waals surface area contributed by atoms with Gasteiger partial charge in [0.25, 0.3) is 0 Å². The summed E-state index contributed by atoms with van der Waals surface area (Å²) < 4.78 is 0. The quantitative estimate of drug-likeness (QED) is 0.343. The van der Waals surface area contributed by atoms with Gasteiger partial charge in [0.2, 0.25) is 11.8 Å². The average molecular weight is 509 g/mol. The van der Waals surface area contributed by atoms with E-state index in [4.69, 9.17) is 11.6 Å². The van der Waals surface area contributed by atoms with Crippen molar-refractivity contribution in [3.05, 3.63) is 106 Å². The number of carbonyl (C=O) groups excluding carboxylic acids is 2. The van der Waals surface area contributed by atoms with Crippen LogP contribution in [0, 0.1) is 6.92 Å². The number of hydrogen-bond donors (Lipinski definition) is 1. The fourth-order valence-electron chi connectivity index (χ4n) is 3.91. The number of amides is 2. The van der Waals surface area contributed by atoms with Crippen molar-refractivity contribution in [3.8, 4) is 0 Å². The SMILES string of the molecule is Cc1cccc(CSCC(=O)N(Cc2cccc(Cl)c2)C(Cc2ccccc2)C(=O)NC(C)C)c1. The molecule has 0 aliphatic carbocycles. The van der Waals surface area contributed by atoms with Gasteiger partial charge in [-0.05, 0) is 49.6 Å². The van der Waals surface area contributed by atoms with Gasteiger partial charge in [0.1, 0.15) is 6.04 Å². The van der Waals surface area contributed by atoms with E-state index in [0.717, 1.165) is 16.9 Å². The second kappa shape index (κ2) is 13.4. The molecule has 0 bridgehead atoms. The zero-order chi connectivity index (χ0) is 25.2.